The molecule has 0 heterocycles. The third-order valence-electron chi connectivity index (χ3n) is 1.33. The predicted octanol–water partition coefficient (Wildman–Crippen LogP) is 2.80. The smallest absolute Gasteiger partial charge is 0.00127 e. The maximum atomic E-state index is 6.00. The molecule has 0 saturated heterocycles. The molecule has 0 aliphatic carbocycles. The van der Waals surface area contributed by atoms with Gasteiger partial charge in [-0.2, -0.15) is 0 Å². The van der Waals surface area contributed by atoms with Gasteiger partial charge in [-0.05, 0) is 0 Å². The molecular formula is C12H32N2O2. The van der Waals surface area contributed by atoms with Crippen LogP contribution < -0.4 is 10.6 Å². The van der Waals surface area contributed by atoms with Crippen molar-refractivity contribution in [1.82, 2.24) is 10.6 Å². The summed E-state index contributed by atoms with van der Waals surface area (Å²) in [7, 11) is 0. The molecule has 0 unspecified atom stereocenters. The van der Waals surface area contributed by atoms with E-state index < -0.39 is 0 Å². The summed E-state index contributed by atoms with van der Waals surface area (Å²) in [5, 5.41) is 18.6. The van der Waals surface area contributed by atoms with Crippen molar-refractivity contribution < 1.29 is 10.5 Å². The predicted molar refractivity (Wildman–Crippen MR) is 72.1 cm³/mol. The van der Waals surface area contributed by atoms with E-state index in [9.17, 15) is 0 Å². The zero-order chi connectivity index (χ0) is 13.7. The number of nitrogens with one attached hydrogen (secondary N) is 2. The minimum Gasteiger partial charge on any atom is -0.312 e. The van der Waals surface area contributed by atoms with Gasteiger partial charge in [-0.1, -0.05) is 55.4 Å². The van der Waals surface area contributed by atoms with Crippen molar-refractivity contribution in [3.63, 3.8) is 0 Å². The Morgan fingerprint density at radius 2 is 0.625 bits per heavy atom. The number of hydrogen-bond donors (Lipinski definition) is 4. The molecule has 4 nitrogen and oxygen atoms in total. The maximum Gasteiger partial charge on any atom is 0.00127 e. The van der Waals surface area contributed by atoms with Crippen LogP contribution in [0.4, 0.5) is 0 Å². The van der Waals surface area contributed by atoms with Crippen LogP contribution in [-0.2, 0) is 0 Å². The van der Waals surface area contributed by atoms with E-state index in [1.807, 2.05) is 0 Å². The average Bonchev–Trinajstić information content (AvgIpc) is 2.03. The van der Waals surface area contributed by atoms with E-state index in [0.29, 0.717) is 24.2 Å². The van der Waals surface area contributed by atoms with E-state index >= 15 is 0 Å². The minimum atomic E-state index is 0.625. The highest BCUT2D eigenvalue weighted by molar-refractivity contribution is 4.56. The van der Waals surface area contributed by atoms with Gasteiger partial charge in [-0.15, -0.1) is 0 Å². The fourth-order valence-electron chi connectivity index (χ4n) is 1.33. The van der Waals surface area contributed by atoms with E-state index in [1.165, 1.54) is 0 Å². The highest BCUT2D eigenvalue weighted by atomic mass is 17.0. The zero-order valence-electron chi connectivity index (χ0n) is 12.2. The first-order chi connectivity index (χ1) is 7.25. The van der Waals surface area contributed by atoms with E-state index in [-0.39, 0.29) is 0 Å². The van der Waals surface area contributed by atoms with Crippen molar-refractivity contribution in [3.05, 3.63) is 0 Å². The quantitative estimate of drug-likeness (QED) is 0.448. The largest absolute Gasteiger partial charge is 0.312 e. The van der Waals surface area contributed by atoms with Crippen molar-refractivity contribution in [2.24, 2.45) is 0 Å². The third kappa shape index (κ3) is 37.1. The molecule has 0 bridgehead atoms. The molecular weight excluding hydrogens is 204 g/mol. The van der Waals surface area contributed by atoms with Crippen molar-refractivity contribution in [2.75, 3.05) is 0 Å². The van der Waals surface area contributed by atoms with Crippen LogP contribution >= 0.6 is 0 Å². The molecule has 102 valence electrons. The van der Waals surface area contributed by atoms with E-state index in [1.54, 1.807) is 0 Å². The van der Waals surface area contributed by atoms with Crippen LogP contribution in [0.3, 0.4) is 0 Å². The van der Waals surface area contributed by atoms with Crippen LogP contribution in [0, 0.1) is 0 Å². The molecule has 0 fully saturated rings. The molecule has 4 heteroatoms. The van der Waals surface area contributed by atoms with Gasteiger partial charge in [0.1, 0.15) is 0 Å². The summed E-state index contributed by atoms with van der Waals surface area (Å²) in [5.41, 5.74) is 0. The first kappa shape index (κ1) is 21.2. The lowest BCUT2D eigenvalue weighted by molar-refractivity contribution is -0.176. The molecule has 0 spiro atoms. The van der Waals surface area contributed by atoms with Gasteiger partial charge in [-0.3, -0.25) is 10.5 Å². The van der Waals surface area contributed by atoms with Gasteiger partial charge < -0.3 is 10.6 Å². The van der Waals surface area contributed by atoms with Gasteiger partial charge in [0.15, 0.2) is 0 Å². The third-order valence-corrected chi connectivity index (χ3v) is 1.33. The second-order valence-electron chi connectivity index (χ2n) is 4.95. The summed E-state index contributed by atoms with van der Waals surface area (Å²) in [6, 6.07) is 2.50. The second-order valence-corrected chi connectivity index (χ2v) is 4.95. The molecule has 0 atom stereocenters. The molecule has 0 aliphatic rings. The molecule has 0 aromatic rings. The lowest BCUT2D eigenvalue weighted by atomic mass is 10.3. The Morgan fingerprint density at radius 1 is 0.500 bits per heavy atom. The molecule has 0 amide bonds. The van der Waals surface area contributed by atoms with Crippen molar-refractivity contribution in [1.29, 1.82) is 0 Å². The Morgan fingerprint density at radius 3 is 0.625 bits per heavy atom. The van der Waals surface area contributed by atoms with Gasteiger partial charge in [0, 0.05) is 24.2 Å². The fraction of sp³-hybridized carbons (Fsp3) is 1.00. The van der Waals surface area contributed by atoms with Crippen molar-refractivity contribution in [3.8, 4) is 0 Å². The Kier molecular flexibility index (Phi) is 19.6. The molecule has 0 saturated carbocycles. The first-order valence-electron chi connectivity index (χ1n) is 5.97. The first-order valence-corrected chi connectivity index (χ1v) is 5.97. The van der Waals surface area contributed by atoms with Crippen molar-refractivity contribution >= 4 is 0 Å². The standard InChI is InChI=1S/2C6H15N.H2O2/c2*1-5(2)7-6(3)4;1-2/h2*5-7H,1-4H3;1-2H. The molecule has 4 N–H and O–H groups in total. The Hall–Kier alpha value is -0.160. The summed E-state index contributed by atoms with van der Waals surface area (Å²) < 4.78 is 0. The van der Waals surface area contributed by atoms with Crippen LogP contribution in [0.1, 0.15) is 55.4 Å². The van der Waals surface area contributed by atoms with Crippen LogP contribution in [-0.4, -0.2) is 34.7 Å². The number of rotatable bonds is 4. The normalized spacial score (nSPS) is 10.1. The summed E-state index contributed by atoms with van der Waals surface area (Å²) in [6.07, 6.45) is 0. The SMILES string of the molecule is CC(C)NC(C)C.CC(C)NC(C)C.OO. The topological polar surface area (TPSA) is 64.5 Å². The van der Waals surface area contributed by atoms with Crippen molar-refractivity contribution in [2.45, 2.75) is 79.6 Å². The Balaban J connectivity index is -0.000000183. The molecule has 0 rings (SSSR count). The second kappa shape index (κ2) is 14.8. The van der Waals surface area contributed by atoms with Crippen LogP contribution in [0.5, 0.6) is 0 Å². The summed E-state index contributed by atoms with van der Waals surface area (Å²) in [6.45, 7) is 17.2. The Bertz CT molecular complexity index is 89.6. The van der Waals surface area contributed by atoms with E-state index in [4.69, 9.17) is 10.5 Å². The molecule has 16 heavy (non-hydrogen) atoms. The zero-order valence-corrected chi connectivity index (χ0v) is 12.2. The summed E-state index contributed by atoms with van der Waals surface area (Å²) in [5.74, 6) is 0. The highest BCUT2D eigenvalue weighted by Crippen LogP contribution is 1.81. The minimum absolute atomic E-state index is 0.625. The summed E-state index contributed by atoms with van der Waals surface area (Å²) >= 11 is 0. The van der Waals surface area contributed by atoms with Gasteiger partial charge >= 0.3 is 0 Å². The van der Waals surface area contributed by atoms with Crippen LogP contribution in [0.15, 0.2) is 0 Å². The van der Waals surface area contributed by atoms with Gasteiger partial charge in [-0.25, -0.2) is 0 Å². The molecule has 0 aromatic heterocycles. The Labute approximate surface area is 101 Å². The van der Waals surface area contributed by atoms with Gasteiger partial charge in [0.25, 0.3) is 0 Å². The summed E-state index contributed by atoms with van der Waals surface area (Å²) in [4.78, 5) is 0. The van der Waals surface area contributed by atoms with Gasteiger partial charge in [0.05, 0.1) is 0 Å². The van der Waals surface area contributed by atoms with E-state index in [2.05, 4.69) is 66.0 Å². The van der Waals surface area contributed by atoms with Crippen LogP contribution in [0.25, 0.3) is 0 Å². The highest BCUT2D eigenvalue weighted by Gasteiger charge is 1.93. The lowest BCUT2D eigenvalue weighted by Gasteiger charge is -2.10. The van der Waals surface area contributed by atoms with E-state index in [0.717, 1.165) is 0 Å². The molecule has 0 radical (unpaired) electrons. The fourth-order valence-corrected chi connectivity index (χ4v) is 1.33. The van der Waals surface area contributed by atoms with Crippen LogP contribution in [0.2, 0.25) is 0 Å². The molecule has 0 aliphatic heterocycles. The number of hydrogen-bond acceptors (Lipinski definition) is 4. The lowest BCUT2D eigenvalue weighted by Crippen LogP contribution is -2.29. The van der Waals surface area contributed by atoms with Gasteiger partial charge in [0.2, 0.25) is 0 Å². The maximum absolute atomic E-state index is 6.00. The monoisotopic (exact) mass is 236 g/mol. The molecule has 0 aromatic carbocycles. The average molecular weight is 236 g/mol.